The first-order valence-electron chi connectivity index (χ1n) is 11.8. The minimum Gasteiger partial charge on any atom is -0.546 e. The van der Waals surface area contributed by atoms with Gasteiger partial charge in [-0.25, -0.2) is 4.98 Å². The van der Waals surface area contributed by atoms with Crippen LogP contribution in [0, 0.1) is 0 Å². The monoisotopic (exact) mass is 491 g/mol. The summed E-state index contributed by atoms with van der Waals surface area (Å²) in [6.07, 6.45) is 2.61. The summed E-state index contributed by atoms with van der Waals surface area (Å²) in [5, 5.41) is 22.5. The van der Waals surface area contributed by atoms with Crippen LogP contribution in [0.2, 0.25) is 0 Å². The molecule has 1 aromatic heterocycles. The first-order chi connectivity index (χ1) is 17.0. The van der Waals surface area contributed by atoms with Crippen molar-refractivity contribution in [2.45, 2.75) is 37.2 Å². The maximum Gasteiger partial charge on any atom is 1.00 e. The Labute approximate surface area is 232 Å². The molecular formula is C29H26NNaO5. The van der Waals surface area contributed by atoms with Crippen LogP contribution in [0.3, 0.4) is 0 Å². The molecule has 2 atom stereocenters. The maximum absolute atomic E-state index is 11.8. The van der Waals surface area contributed by atoms with Gasteiger partial charge in [0.1, 0.15) is 18.1 Å². The van der Waals surface area contributed by atoms with E-state index >= 15 is 0 Å². The Kier molecular flexibility index (Phi) is 8.32. The summed E-state index contributed by atoms with van der Waals surface area (Å²) in [6, 6.07) is 27.0. The van der Waals surface area contributed by atoms with Gasteiger partial charge >= 0.3 is 29.6 Å². The smallest absolute Gasteiger partial charge is 0.546 e. The predicted octanol–water partition coefficient (Wildman–Crippen LogP) is 1.38. The number of hydrogen-bond acceptors (Lipinski definition) is 6. The molecule has 0 radical (unpaired) electrons. The molecule has 1 fully saturated rings. The van der Waals surface area contributed by atoms with Gasteiger partial charge in [0.15, 0.2) is 5.76 Å². The zero-order valence-corrected chi connectivity index (χ0v) is 22.2. The van der Waals surface area contributed by atoms with Crippen LogP contribution >= 0.6 is 0 Å². The first-order valence-corrected chi connectivity index (χ1v) is 11.8. The van der Waals surface area contributed by atoms with E-state index in [0.29, 0.717) is 30.2 Å². The van der Waals surface area contributed by atoms with Gasteiger partial charge in [-0.2, -0.15) is 0 Å². The normalized spacial score (nSPS) is 19.0. The van der Waals surface area contributed by atoms with Crippen LogP contribution in [-0.2, 0) is 11.2 Å². The van der Waals surface area contributed by atoms with Gasteiger partial charge in [-0.1, -0.05) is 72.8 Å². The van der Waals surface area contributed by atoms with E-state index in [-0.39, 0.29) is 35.5 Å². The summed E-state index contributed by atoms with van der Waals surface area (Å²) in [5.74, 6) is 0.108. The van der Waals surface area contributed by atoms with Crippen LogP contribution in [0.1, 0.15) is 36.6 Å². The number of rotatable bonds is 8. The molecular weight excluding hydrogens is 465 g/mol. The molecule has 0 saturated heterocycles. The molecule has 1 aliphatic carbocycles. The van der Waals surface area contributed by atoms with E-state index in [1.54, 1.807) is 18.2 Å². The number of benzene rings is 3. The van der Waals surface area contributed by atoms with Gasteiger partial charge in [0, 0.05) is 17.5 Å². The van der Waals surface area contributed by atoms with Gasteiger partial charge in [-0.15, -0.1) is 0 Å². The summed E-state index contributed by atoms with van der Waals surface area (Å²) in [7, 11) is 0. The molecule has 5 rings (SSSR count). The predicted molar refractivity (Wildman–Crippen MR) is 130 cm³/mol. The Bertz CT molecular complexity index is 1250. The average Bonchev–Trinajstić information content (AvgIpc) is 3.48. The van der Waals surface area contributed by atoms with Crippen molar-refractivity contribution in [2.75, 3.05) is 6.61 Å². The Morgan fingerprint density at radius 2 is 1.72 bits per heavy atom. The van der Waals surface area contributed by atoms with E-state index in [1.165, 1.54) is 0 Å². The standard InChI is InChI=1S/C29H27NO5.Na/c31-25(32)19-34-23-14-7-9-20(17-23)18-29(33)16-8-15-24(29)28-30-26(21-10-3-1-4-11-21)27(35-28)22-12-5-2-6-13-22;/h1-7,9-14,17,24,33H,8,15-16,18-19H2,(H,31,32);/q;+1/p-1. The number of carboxylic acids is 1. The summed E-state index contributed by atoms with van der Waals surface area (Å²) in [4.78, 5) is 15.6. The Morgan fingerprint density at radius 1 is 1.03 bits per heavy atom. The number of nitrogens with zero attached hydrogens (tertiary/aromatic N) is 1. The van der Waals surface area contributed by atoms with Crippen molar-refractivity contribution in [3.63, 3.8) is 0 Å². The molecule has 3 aromatic carbocycles. The molecule has 2 unspecified atom stereocenters. The molecule has 36 heavy (non-hydrogen) atoms. The second-order valence-electron chi connectivity index (χ2n) is 9.00. The van der Waals surface area contributed by atoms with Crippen molar-refractivity contribution in [1.82, 2.24) is 4.98 Å². The van der Waals surface area contributed by atoms with Crippen LogP contribution in [0.15, 0.2) is 89.3 Å². The third-order valence-electron chi connectivity index (χ3n) is 6.54. The Morgan fingerprint density at radius 3 is 2.42 bits per heavy atom. The van der Waals surface area contributed by atoms with E-state index in [9.17, 15) is 15.0 Å². The largest absolute Gasteiger partial charge is 1.00 e. The third-order valence-corrected chi connectivity index (χ3v) is 6.54. The van der Waals surface area contributed by atoms with E-state index in [1.807, 2.05) is 66.7 Å². The van der Waals surface area contributed by atoms with Gasteiger partial charge in [0.25, 0.3) is 0 Å². The van der Waals surface area contributed by atoms with Crippen LogP contribution in [-0.4, -0.2) is 28.3 Å². The average molecular weight is 492 g/mol. The molecule has 0 aliphatic heterocycles. The van der Waals surface area contributed by atoms with Gasteiger partial charge in [0.2, 0.25) is 5.89 Å². The van der Waals surface area contributed by atoms with E-state index < -0.39 is 18.2 Å². The topological polar surface area (TPSA) is 95.6 Å². The van der Waals surface area contributed by atoms with Crippen molar-refractivity contribution < 1.29 is 53.7 Å². The van der Waals surface area contributed by atoms with E-state index in [0.717, 1.165) is 35.2 Å². The van der Waals surface area contributed by atoms with Gasteiger partial charge in [-0.05, 0) is 37.0 Å². The van der Waals surface area contributed by atoms with Crippen LogP contribution in [0.4, 0.5) is 0 Å². The van der Waals surface area contributed by atoms with Gasteiger partial charge < -0.3 is 24.2 Å². The Hall–Kier alpha value is -2.90. The summed E-state index contributed by atoms with van der Waals surface area (Å²) in [6.45, 7) is -0.517. The Balaban J connectivity index is 0.00000304. The second-order valence-corrected chi connectivity index (χ2v) is 9.00. The maximum atomic E-state index is 11.8. The van der Waals surface area contributed by atoms with E-state index in [4.69, 9.17) is 14.1 Å². The molecule has 7 heteroatoms. The third kappa shape index (κ3) is 5.73. The number of ether oxygens (including phenoxy) is 1. The minimum atomic E-state index is -1.28. The van der Waals surface area contributed by atoms with Crippen LogP contribution < -0.4 is 39.4 Å². The number of oxazole rings is 1. The van der Waals surface area contributed by atoms with Crippen molar-refractivity contribution in [3.8, 4) is 28.3 Å². The number of aromatic nitrogens is 1. The fourth-order valence-corrected chi connectivity index (χ4v) is 4.92. The van der Waals surface area contributed by atoms with E-state index in [2.05, 4.69) is 0 Å². The molecule has 6 nitrogen and oxygen atoms in total. The number of carboxylic acid groups (broad SMARTS) is 1. The molecule has 1 aliphatic rings. The van der Waals surface area contributed by atoms with Crippen LogP contribution in [0.25, 0.3) is 22.6 Å². The molecule has 4 aromatic rings. The molecule has 1 heterocycles. The first kappa shape index (κ1) is 26.2. The second kappa shape index (κ2) is 11.4. The van der Waals surface area contributed by atoms with Crippen LogP contribution in [0.5, 0.6) is 5.75 Å². The summed E-state index contributed by atoms with van der Waals surface area (Å²) >= 11 is 0. The zero-order chi connectivity index (χ0) is 24.3. The summed E-state index contributed by atoms with van der Waals surface area (Å²) < 4.78 is 11.7. The molecule has 0 spiro atoms. The number of aliphatic carboxylic acids is 1. The van der Waals surface area contributed by atoms with Gasteiger partial charge in [0.05, 0.1) is 17.5 Å². The molecule has 1 N–H and O–H groups in total. The number of carbonyl (C=O) groups is 1. The van der Waals surface area contributed by atoms with Crippen molar-refractivity contribution >= 4 is 5.97 Å². The van der Waals surface area contributed by atoms with Gasteiger partial charge in [-0.3, -0.25) is 0 Å². The number of carbonyl (C=O) groups excluding carboxylic acids is 1. The van der Waals surface area contributed by atoms with Crippen molar-refractivity contribution in [1.29, 1.82) is 0 Å². The van der Waals surface area contributed by atoms with Crippen molar-refractivity contribution in [2.24, 2.45) is 0 Å². The quantitative estimate of drug-likeness (QED) is 0.374. The minimum absolute atomic E-state index is 0. The fraction of sp³-hybridized carbons (Fsp3) is 0.241. The molecule has 0 amide bonds. The molecule has 178 valence electrons. The fourth-order valence-electron chi connectivity index (χ4n) is 4.92. The van der Waals surface area contributed by atoms with Crippen molar-refractivity contribution in [3.05, 3.63) is 96.4 Å². The number of aliphatic hydroxyl groups is 1. The molecule has 1 saturated carbocycles. The zero-order valence-electron chi connectivity index (χ0n) is 20.2. The summed E-state index contributed by atoms with van der Waals surface area (Å²) in [5.41, 5.74) is 2.47. The molecule has 0 bridgehead atoms. The SMILES string of the molecule is O=C([O-])COc1cccc(CC2(O)CCCC2c2nc(-c3ccccc3)c(-c3ccccc3)o2)c1.[Na+]. The number of hydrogen-bond donors (Lipinski definition) is 1.